The molecule has 27 heavy (non-hydrogen) atoms. The number of carbonyl (C=O) groups is 2. The first-order chi connectivity index (χ1) is 13.0. The third kappa shape index (κ3) is 4.15. The molecule has 0 amide bonds. The third-order valence-corrected chi connectivity index (χ3v) is 5.12. The van der Waals surface area contributed by atoms with Crippen molar-refractivity contribution in [3.05, 3.63) is 75.8 Å². The van der Waals surface area contributed by atoms with Crippen molar-refractivity contribution in [2.24, 2.45) is 0 Å². The molecule has 1 aliphatic rings. The van der Waals surface area contributed by atoms with Crippen LogP contribution < -0.4 is 5.32 Å². The fraction of sp³-hybridized carbons (Fsp3) is 0.286. The van der Waals surface area contributed by atoms with Gasteiger partial charge in [-0.15, -0.1) is 0 Å². The Bertz CT molecular complexity index is 903. The van der Waals surface area contributed by atoms with Crippen LogP contribution in [-0.4, -0.2) is 29.6 Å². The van der Waals surface area contributed by atoms with Crippen LogP contribution in [0.4, 0.5) is 4.39 Å². The lowest BCUT2D eigenvalue weighted by atomic mass is 9.87. The van der Waals surface area contributed by atoms with E-state index in [1.807, 2.05) is 13.0 Å². The number of Topliss-reactive ketones (excluding diaryl/α,β-unsaturated/α-hetero) is 1. The molecule has 0 radical (unpaired) electrons. The summed E-state index contributed by atoms with van der Waals surface area (Å²) in [6.07, 6.45) is 5.56. The Balaban J connectivity index is 0.00000280. The second-order valence-corrected chi connectivity index (χ2v) is 6.90. The van der Waals surface area contributed by atoms with E-state index in [-0.39, 0.29) is 35.7 Å². The van der Waals surface area contributed by atoms with Gasteiger partial charge >= 0.3 is 0 Å². The standard InChI is InChI=1S/C21H20ClFN2O2.H2/c1-2-13(10-18(26)14-7-9-25-11-14)16-5-6-17(22)19(20(16)23)21(27)15-4-3-8-24-12-15;/h3-8,12-13,25H,2,9-11H2,1H3;1H/t13-;/m1./s1. The number of halogens is 2. The first-order valence-electron chi connectivity index (χ1n) is 8.88. The van der Waals surface area contributed by atoms with E-state index in [1.165, 1.54) is 18.5 Å². The van der Waals surface area contributed by atoms with Gasteiger partial charge in [0.05, 0.1) is 10.6 Å². The zero-order chi connectivity index (χ0) is 19.4. The van der Waals surface area contributed by atoms with Crippen LogP contribution >= 0.6 is 11.6 Å². The maximum absolute atomic E-state index is 15.3. The average Bonchev–Trinajstić information content (AvgIpc) is 3.22. The minimum atomic E-state index is -0.658. The summed E-state index contributed by atoms with van der Waals surface area (Å²) in [5.41, 5.74) is 1.17. The van der Waals surface area contributed by atoms with E-state index in [0.29, 0.717) is 25.1 Å². The molecule has 0 aliphatic carbocycles. The molecular weight excluding hydrogens is 367 g/mol. The molecule has 0 bridgehead atoms. The molecule has 6 heteroatoms. The van der Waals surface area contributed by atoms with Gasteiger partial charge in [0.15, 0.2) is 11.6 Å². The SMILES string of the molecule is CC[C@H](CC(=O)C1=CCNC1)c1ccc(Cl)c(C(=O)c2cccnc2)c1F.[HH]. The summed E-state index contributed by atoms with van der Waals surface area (Å²) < 4.78 is 15.3. The molecule has 0 fully saturated rings. The lowest BCUT2D eigenvalue weighted by molar-refractivity contribution is -0.115. The van der Waals surface area contributed by atoms with E-state index in [9.17, 15) is 9.59 Å². The molecular formula is C21H22ClFN2O2. The van der Waals surface area contributed by atoms with E-state index in [2.05, 4.69) is 10.3 Å². The molecule has 0 unspecified atom stereocenters. The number of benzene rings is 1. The Kier molecular flexibility index (Phi) is 6.14. The minimum Gasteiger partial charge on any atom is -0.309 e. The topological polar surface area (TPSA) is 59.1 Å². The number of carbonyl (C=O) groups excluding carboxylic acids is 2. The number of nitrogens with zero attached hydrogens (tertiary/aromatic N) is 1. The van der Waals surface area contributed by atoms with Crippen LogP contribution in [0.25, 0.3) is 0 Å². The molecule has 1 N–H and O–H groups in total. The number of aromatic nitrogens is 1. The van der Waals surface area contributed by atoms with Crippen LogP contribution in [0.5, 0.6) is 0 Å². The normalized spacial score (nSPS) is 14.7. The van der Waals surface area contributed by atoms with Crippen molar-refractivity contribution in [2.45, 2.75) is 25.7 Å². The highest BCUT2D eigenvalue weighted by atomic mass is 35.5. The minimum absolute atomic E-state index is 0. The Morgan fingerprint density at radius 1 is 1.37 bits per heavy atom. The van der Waals surface area contributed by atoms with Crippen molar-refractivity contribution < 1.29 is 15.4 Å². The highest BCUT2D eigenvalue weighted by molar-refractivity contribution is 6.35. The molecule has 1 aliphatic heterocycles. The van der Waals surface area contributed by atoms with Crippen LogP contribution in [0.15, 0.2) is 48.3 Å². The summed E-state index contributed by atoms with van der Waals surface area (Å²) in [5, 5.41) is 3.14. The fourth-order valence-electron chi connectivity index (χ4n) is 3.25. The van der Waals surface area contributed by atoms with Crippen LogP contribution in [-0.2, 0) is 4.79 Å². The molecule has 2 aromatic rings. The van der Waals surface area contributed by atoms with Crippen molar-refractivity contribution in [2.75, 3.05) is 13.1 Å². The Morgan fingerprint density at radius 2 is 2.19 bits per heavy atom. The van der Waals surface area contributed by atoms with Crippen LogP contribution in [0, 0.1) is 5.82 Å². The van der Waals surface area contributed by atoms with Crippen molar-refractivity contribution in [3.63, 3.8) is 0 Å². The first kappa shape index (κ1) is 19.4. The predicted octanol–water partition coefficient (Wildman–Crippen LogP) is 4.33. The van der Waals surface area contributed by atoms with Crippen molar-refractivity contribution in [1.82, 2.24) is 10.3 Å². The Labute approximate surface area is 163 Å². The van der Waals surface area contributed by atoms with E-state index in [0.717, 1.165) is 5.57 Å². The quantitative estimate of drug-likeness (QED) is 0.717. The smallest absolute Gasteiger partial charge is 0.199 e. The number of rotatable bonds is 7. The third-order valence-electron chi connectivity index (χ3n) is 4.80. The highest BCUT2D eigenvalue weighted by Crippen LogP contribution is 2.33. The molecule has 1 atom stereocenters. The number of hydrogen-bond donors (Lipinski definition) is 1. The van der Waals surface area contributed by atoms with Gasteiger partial charge in [0, 0.05) is 44.5 Å². The van der Waals surface area contributed by atoms with Gasteiger partial charge in [-0.1, -0.05) is 30.7 Å². The van der Waals surface area contributed by atoms with Crippen molar-refractivity contribution >= 4 is 23.2 Å². The van der Waals surface area contributed by atoms with Crippen LogP contribution in [0.2, 0.25) is 5.02 Å². The molecule has 0 saturated heterocycles. The van der Waals surface area contributed by atoms with Crippen LogP contribution in [0.3, 0.4) is 0 Å². The predicted molar refractivity (Wildman–Crippen MR) is 105 cm³/mol. The highest BCUT2D eigenvalue weighted by Gasteiger charge is 2.26. The van der Waals surface area contributed by atoms with E-state index in [4.69, 9.17) is 11.6 Å². The largest absolute Gasteiger partial charge is 0.309 e. The lowest BCUT2D eigenvalue weighted by Gasteiger charge is -2.18. The summed E-state index contributed by atoms with van der Waals surface area (Å²) >= 11 is 6.14. The second kappa shape index (κ2) is 8.55. The lowest BCUT2D eigenvalue weighted by Crippen LogP contribution is -2.16. The fourth-order valence-corrected chi connectivity index (χ4v) is 3.48. The van der Waals surface area contributed by atoms with Gasteiger partial charge in [-0.2, -0.15) is 0 Å². The van der Waals surface area contributed by atoms with Crippen molar-refractivity contribution in [1.29, 1.82) is 0 Å². The summed E-state index contributed by atoms with van der Waals surface area (Å²) in [6, 6.07) is 6.27. The van der Waals surface area contributed by atoms with E-state index in [1.54, 1.807) is 18.2 Å². The number of pyridine rings is 1. The monoisotopic (exact) mass is 388 g/mol. The number of nitrogens with one attached hydrogen (secondary N) is 1. The van der Waals surface area contributed by atoms with Gasteiger partial charge in [-0.25, -0.2) is 4.39 Å². The van der Waals surface area contributed by atoms with E-state index >= 15 is 4.39 Å². The first-order valence-corrected chi connectivity index (χ1v) is 9.26. The van der Waals surface area contributed by atoms with Gasteiger partial charge in [-0.05, 0) is 36.1 Å². The molecule has 142 valence electrons. The van der Waals surface area contributed by atoms with Crippen LogP contribution in [0.1, 0.15) is 48.6 Å². The second-order valence-electron chi connectivity index (χ2n) is 6.49. The summed E-state index contributed by atoms with van der Waals surface area (Å²) in [7, 11) is 0. The summed E-state index contributed by atoms with van der Waals surface area (Å²) in [5.74, 6) is -1.50. The van der Waals surface area contributed by atoms with E-state index < -0.39 is 11.6 Å². The van der Waals surface area contributed by atoms with Gasteiger partial charge < -0.3 is 5.32 Å². The average molecular weight is 389 g/mol. The van der Waals surface area contributed by atoms with Gasteiger partial charge in [0.25, 0.3) is 0 Å². The Morgan fingerprint density at radius 3 is 2.81 bits per heavy atom. The van der Waals surface area contributed by atoms with Crippen molar-refractivity contribution in [3.8, 4) is 0 Å². The molecule has 3 rings (SSSR count). The van der Waals surface area contributed by atoms with Gasteiger partial charge in [0.2, 0.25) is 0 Å². The van der Waals surface area contributed by atoms with Gasteiger partial charge in [0.1, 0.15) is 5.82 Å². The number of ketones is 2. The van der Waals surface area contributed by atoms with Gasteiger partial charge in [-0.3, -0.25) is 14.6 Å². The maximum Gasteiger partial charge on any atom is 0.199 e. The number of hydrogen-bond acceptors (Lipinski definition) is 4. The zero-order valence-electron chi connectivity index (χ0n) is 15.0. The molecule has 2 heterocycles. The molecule has 1 aromatic heterocycles. The maximum atomic E-state index is 15.3. The zero-order valence-corrected chi connectivity index (χ0v) is 15.7. The summed E-state index contributed by atoms with van der Waals surface area (Å²) in [6.45, 7) is 3.12. The summed E-state index contributed by atoms with van der Waals surface area (Å²) in [4.78, 5) is 29.1. The molecule has 0 spiro atoms. The molecule has 4 nitrogen and oxygen atoms in total. The molecule has 0 saturated carbocycles. The molecule has 1 aromatic carbocycles. The Hall–Kier alpha value is -2.37.